The van der Waals surface area contributed by atoms with E-state index in [2.05, 4.69) is 94.0 Å². The van der Waals surface area contributed by atoms with Crippen LogP contribution >= 0.6 is 0 Å². The zero-order valence-electron chi connectivity index (χ0n) is 13.9. The van der Waals surface area contributed by atoms with Gasteiger partial charge in [0.15, 0.2) is 0 Å². The lowest BCUT2D eigenvalue weighted by atomic mass is 9.97. The number of allylic oxidation sites excluding steroid dienone is 5. The summed E-state index contributed by atoms with van der Waals surface area (Å²) in [5, 5.41) is 4.92. The summed E-state index contributed by atoms with van der Waals surface area (Å²) in [6.07, 6.45) is 8.55. The molecule has 0 spiro atoms. The van der Waals surface area contributed by atoms with E-state index in [-0.39, 0.29) is 0 Å². The van der Waals surface area contributed by atoms with Crippen molar-refractivity contribution in [1.82, 2.24) is 0 Å². The first kappa shape index (κ1) is 15.2. The van der Waals surface area contributed by atoms with Crippen LogP contribution in [0.3, 0.4) is 0 Å². The molecule has 23 heavy (non-hydrogen) atoms. The lowest BCUT2D eigenvalue weighted by Crippen LogP contribution is -1.93. The van der Waals surface area contributed by atoms with Crippen molar-refractivity contribution in [2.45, 2.75) is 20.8 Å². The second-order valence-corrected chi connectivity index (χ2v) is 6.03. The van der Waals surface area contributed by atoms with Gasteiger partial charge in [0.25, 0.3) is 0 Å². The predicted molar refractivity (Wildman–Crippen MR) is 99.5 cm³/mol. The number of aryl methyl sites for hydroxylation is 2. The molecule has 0 bridgehead atoms. The largest absolute Gasteiger partial charge is 0.701 e. The Balaban J connectivity index is 2.00. The molecule has 1 aliphatic carbocycles. The summed E-state index contributed by atoms with van der Waals surface area (Å²) < 4.78 is 0. The molecular weight excluding hydrogens is 278 g/mol. The number of nitrogens with zero attached hydrogens (tertiary/aromatic N) is 1. The number of hydrogen-bond donors (Lipinski definition) is 0. The second-order valence-electron chi connectivity index (χ2n) is 6.03. The Morgan fingerprint density at radius 2 is 1.39 bits per heavy atom. The van der Waals surface area contributed by atoms with Gasteiger partial charge < -0.3 is 5.32 Å². The molecule has 0 aliphatic heterocycles. The Morgan fingerprint density at radius 3 is 1.96 bits per heavy atom. The molecule has 2 aromatic rings. The monoisotopic (exact) mass is 299 g/mol. The smallest absolute Gasteiger partial charge is 0.0398 e. The summed E-state index contributed by atoms with van der Waals surface area (Å²) in [6, 6.07) is 16.9. The summed E-state index contributed by atoms with van der Waals surface area (Å²) in [7, 11) is 0. The highest BCUT2D eigenvalue weighted by Gasteiger charge is 1.96. The van der Waals surface area contributed by atoms with E-state index in [1.807, 2.05) is 0 Å². The number of rotatable bonds is 3. The highest BCUT2D eigenvalue weighted by atomic mass is 14.9. The lowest BCUT2D eigenvalue weighted by molar-refractivity contribution is 1.39. The van der Waals surface area contributed by atoms with E-state index in [0.29, 0.717) is 0 Å². The van der Waals surface area contributed by atoms with Crippen LogP contribution in [0.25, 0.3) is 11.0 Å². The van der Waals surface area contributed by atoms with Crippen molar-refractivity contribution < 1.29 is 0 Å². The Labute approximate surface area is 139 Å². The molecule has 116 valence electrons. The van der Waals surface area contributed by atoms with Gasteiger partial charge in [-0.1, -0.05) is 72.1 Å². The van der Waals surface area contributed by atoms with Crippen LogP contribution in [0, 0.1) is 20.3 Å². The molecule has 0 amide bonds. The molecule has 1 heteroatoms. The van der Waals surface area contributed by atoms with Gasteiger partial charge in [-0.3, -0.25) is 0 Å². The van der Waals surface area contributed by atoms with E-state index in [9.17, 15) is 0 Å². The SMILES string of the molecule is CC1=C[CH-]C(=C([N-]c2ccc(C)cc2)c2ccc(C)cc2)C=C1. The molecule has 1 nitrogen and oxygen atoms in total. The maximum atomic E-state index is 4.92. The molecule has 0 fully saturated rings. The van der Waals surface area contributed by atoms with Gasteiger partial charge in [-0.05, 0) is 13.8 Å². The van der Waals surface area contributed by atoms with Gasteiger partial charge >= 0.3 is 0 Å². The summed E-state index contributed by atoms with van der Waals surface area (Å²) in [6.45, 7) is 6.30. The maximum absolute atomic E-state index is 4.92. The van der Waals surface area contributed by atoms with E-state index in [1.54, 1.807) is 0 Å². The molecule has 0 N–H and O–H groups in total. The first-order valence-electron chi connectivity index (χ1n) is 7.91. The van der Waals surface area contributed by atoms with Crippen LogP contribution in [0.2, 0.25) is 0 Å². The summed E-state index contributed by atoms with van der Waals surface area (Å²) >= 11 is 0. The molecule has 0 heterocycles. The highest BCUT2D eigenvalue weighted by Crippen LogP contribution is 2.35. The minimum absolute atomic E-state index is 0.978. The van der Waals surface area contributed by atoms with Crippen molar-refractivity contribution in [1.29, 1.82) is 0 Å². The predicted octanol–water partition coefficient (Wildman–Crippen LogP) is 6.44. The molecule has 0 unspecified atom stereocenters. The molecular formula is C22H21N-2. The van der Waals surface area contributed by atoms with Crippen molar-refractivity contribution in [2.24, 2.45) is 0 Å². The average molecular weight is 299 g/mol. The standard InChI is InChI=1S/C22H21N/c1-16-4-10-19(11-5-16)22(20-12-6-17(2)7-13-20)23-21-14-8-18(3)9-15-21/h4-15H,1-3H3/q-2. The number of benzene rings is 2. The molecule has 0 atom stereocenters. The molecule has 0 saturated heterocycles. The van der Waals surface area contributed by atoms with Crippen LogP contribution in [0.15, 0.2) is 77.9 Å². The summed E-state index contributed by atoms with van der Waals surface area (Å²) in [5.41, 5.74) is 8.02. The van der Waals surface area contributed by atoms with Crippen LogP contribution < -0.4 is 0 Å². The normalized spacial score (nSPS) is 15.7. The van der Waals surface area contributed by atoms with E-state index >= 15 is 0 Å². The van der Waals surface area contributed by atoms with Gasteiger partial charge in [-0.25, -0.2) is 5.70 Å². The Morgan fingerprint density at radius 1 is 0.783 bits per heavy atom. The molecule has 0 saturated carbocycles. The second kappa shape index (κ2) is 6.62. The van der Waals surface area contributed by atoms with Crippen LogP contribution in [-0.4, -0.2) is 0 Å². The quantitative estimate of drug-likeness (QED) is 0.579. The van der Waals surface area contributed by atoms with E-state index < -0.39 is 0 Å². The van der Waals surface area contributed by atoms with Gasteiger partial charge in [0.05, 0.1) is 0 Å². The summed E-state index contributed by atoms with van der Waals surface area (Å²) in [5.74, 6) is 0. The van der Waals surface area contributed by atoms with Crippen LogP contribution in [0.1, 0.15) is 23.6 Å². The van der Waals surface area contributed by atoms with Crippen LogP contribution in [-0.2, 0) is 0 Å². The zero-order chi connectivity index (χ0) is 16.2. The molecule has 1 aliphatic rings. The van der Waals surface area contributed by atoms with Crippen LogP contribution in [0.4, 0.5) is 5.69 Å². The van der Waals surface area contributed by atoms with E-state index in [4.69, 9.17) is 5.32 Å². The van der Waals surface area contributed by atoms with Crippen molar-refractivity contribution in [3.63, 3.8) is 0 Å². The fourth-order valence-electron chi connectivity index (χ4n) is 2.47. The number of hydrogen-bond acceptors (Lipinski definition) is 0. The maximum Gasteiger partial charge on any atom is -0.0398 e. The fraction of sp³-hybridized carbons (Fsp3) is 0.136. The van der Waals surface area contributed by atoms with Crippen molar-refractivity contribution >= 4 is 11.4 Å². The van der Waals surface area contributed by atoms with Gasteiger partial charge in [-0.2, -0.15) is 5.57 Å². The van der Waals surface area contributed by atoms with E-state index in [0.717, 1.165) is 22.5 Å². The first-order valence-corrected chi connectivity index (χ1v) is 7.91. The van der Waals surface area contributed by atoms with Crippen molar-refractivity contribution in [3.8, 4) is 0 Å². The molecule has 0 aromatic heterocycles. The third-order valence-electron chi connectivity index (χ3n) is 3.92. The Hall–Kier alpha value is -2.67. The zero-order valence-corrected chi connectivity index (χ0v) is 13.9. The van der Waals surface area contributed by atoms with Crippen LogP contribution in [0.5, 0.6) is 0 Å². The molecule has 2 aromatic carbocycles. The Bertz CT molecular complexity index is 772. The molecule has 0 radical (unpaired) electrons. The Kier molecular flexibility index (Phi) is 4.38. The van der Waals surface area contributed by atoms with Gasteiger partial charge in [0.1, 0.15) is 0 Å². The first-order chi connectivity index (χ1) is 11.1. The molecule has 3 rings (SSSR count). The fourth-order valence-corrected chi connectivity index (χ4v) is 2.47. The third-order valence-corrected chi connectivity index (χ3v) is 3.92. The van der Waals surface area contributed by atoms with Gasteiger partial charge in [0.2, 0.25) is 0 Å². The lowest BCUT2D eigenvalue weighted by Gasteiger charge is -2.36. The topological polar surface area (TPSA) is 14.1 Å². The minimum atomic E-state index is 0.978. The van der Waals surface area contributed by atoms with Crippen molar-refractivity contribution in [3.05, 3.63) is 106 Å². The summed E-state index contributed by atoms with van der Waals surface area (Å²) in [4.78, 5) is 0. The highest BCUT2D eigenvalue weighted by molar-refractivity contribution is 5.87. The van der Waals surface area contributed by atoms with Gasteiger partial charge in [0, 0.05) is 0 Å². The average Bonchev–Trinajstić information content (AvgIpc) is 2.56. The minimum Gasteiger partial charge on any atom is -0.701 e. The third kappa shape index (κ3) is 3.75. The van der Waals surface area contributed by atoms with E-state index in [1.165, 1.54) is 16.7 Å². The van der Waals surface area contributed by atoms with Gasteiger partial charge in [-0.15, -0.1) is 35.9 Å². The van der Waals surface area contributed by atoms with Crippen molar-refractivity contribution in [2.75, 3.05) is 0 Å².